The normalized spacial score (nSPS) is 19.0. The Morgan fingerprint density at radius 3 is 2.90 bits per heavy atom. The third-order valence-corrected chi connectivity index (χ3v) is 3.39. The molecule has 2 rings (SSSR count). The number of halogens is 1. The van der Waals surface area contributed by atoms with Crippen molar-refractivity contribution in [3.8, 4) is 0 Å². The van der Waals surface area contributed by atoms with Gasteiger partial charge in [0.15, 0.2) is 0 Å². The summed E-state index contributed by atoms with van der Waals surface area (Å²) in [6.45, 7) is 7.37. The number of anilines is 1. The molecule has 1 atom stereocenters. The smallest absolute Gasteiger partial charge is 0.407 e. The van der Waals surface area contributed by atoms with Crippen LogP contribution in [0.5, 0.6) is 0 Å². The molecule has 6 heteroatoms. The fourth-order valence-corrected chi connectivity index (χ4v) is 2.47. The Hall–Kier alpha value is -1.30. The van der Waals surface area contributed by atoms with Crippen LogP contribution in [0, 0.1) is 0 Å². The molecule has 1 aliphatic rings. The second-order valence-electron chi connectivity index (χ2n) is 6.00. The number of ether oxygens (including phenoxy) is 1. The van der Waals surface area contributed by atoms with E-state index in [2.05, 4.69) is 31.1 Å². The molecule has 2 heterocycles. The molecule has 20 heavy (non-hydrogen) atoms. The maximum absolute atomic E-state index is 11.7. The van der Waals surface area contributed by atoms with Crippen molar-refractivity contribution in [1.82, 2.24) is 10.3 Å². The number of rotatable bonds is 2. The fourth-order valence-electron chi connectivity index (χ4n) is 2.12. The van der Waals surface area contributed by atoms with Crippen LogP contribution in [0.3, 0.4) is 0 Å². The molecule has 0 radical (unpaired) electrons. The van der Waals surface area contributed by atoms with Crippen molar-refractivity contribution < 1.29 is 9.53 Å². The van der Waals surface area contributed by atoms with Crippen LogP contribution in [-0.4, -0.2) is 35.8 Å². The monoisotopic (exact) mass is 341 g/mol. The number of alkyl carbamates (subject to hydrolysis) is 1. The van der Waals surface area contributed by atoms with E-state index in [-0.39, 0.29) is 17.7 Å². The summed E-state index contributed by atoms with van der Waals surface area (Å²) < 4.78 is 6.39. The molecule has 0 spiro atoms. The number of nitrogens with zero attached hydrogens (tertiary/aromatic N) is 2. The molecule has 1 N–H and O–H groups in total. The van der Waals surface area contributed by atoms with E-state index >= 15 is 0 Å². The van der Waals surface area contributed by atoms with Gasteiger partial charge in [-0.25, -0.2) is 4.79 Å². The first-order valence-electron chi connectivity index (χ1n) is 6.68. The van der Waals surface area contributed by atoms with Crippen LogP contribution in [0.1, 0.15) is 27.2 Å². The lowest BCUT2D eigenvalue weighted by Crippen LogP contribution is -2.42. The summed E-state index contributed by atoms with van der Waals surface area (Å²) in [6, 6.07) is 2.02. The first kappa shape index (κ1) is 15.1. The summed E-state index contributed by atoms with van der Waals surface area (Å²) in [5, 5.41) is 2.81. The minimum absolute atomic E-state index is 0.0728. The molecule has 0 saturated carbocycles. The highest BCUT2D eigenvalue weighted by Crippen LogP contribution is 2.23. The predicted molar refractivity (Wildman–Crippen MR) is 81.9 cm³/mol. The van der Waals surface area contributed by atoms with Gasteiger partial charge in [-0.05, 0) is 42.8 Å². The summed E-state index contributed by atoms with van der Waals surface area (Å²) in [5.74, 6) is 0. The molecule has 1 aromatic heterocycles. The molecule has 1 amide bonds. The number of aromatic nitrogens is 1. The summed E-state index contributed by atoms with van der Waals surface area (Å²) in [4.78, 5) is 18.1. The van der Waals surface area contributed by atoms with Gasteiger partial charge in [-0.1, -0.05) is 0 Å². The van der Waals surface area contributed by atoms with E-state index in [1.807, 2.05) is 33.0 Å². The van der Waals surface area contributed by atoms with Crippen LogP contribution >= 0.6 is 15.9 Å². The van der Waals surface area contributed by atoms with Crippen molar-refractivity contribution in [2.24, 2.45) is 0 Å². The predicted octanol–water partition coefficient (Wildman–Crippen LogP) is 2.95. The molecular weight excluding hydrogens is 322 g/mol. The maximum Gasteiger partial charge on any atom is 0.407 e. The van der Waals surface area contributed by atoms with E-state index in [1.165, 1.54) is 0 Å². The van der Waals surface area contributed by atoms with Gasteiger partial charge >= 0.3 is 6.09 Å². The number of amides is 1. The highest BCUT2D eigenvalue weighted by atomic mass is 79.9. The minimum Gasteiger partial charge on any atom is -0.444 e. The topological polar surface area (TPSA) is 54.5 Å². The Balaban J connectivity index is 1.88. The number of pyridine rings is 1. The maximum atomic E-state index is 11.7. The first-order chi connectivity index (χ1) is 9.33. The van der Waals surface area contributed by atoms with E-state index in [0.29, 0.717) is 6.54 Å². The van der Waals surface area contributed by atoms with Crippen molar-refractivity contribution in [3.05, 3.63) is 22.9 Å². The average Bonchev–Trinajstić information content (AvgIpc) is 2.74. The lowest BCUT2D eigenvalue weighted by Gasteiger charge is -2.22. The van der Waals surface area contributed by atoms with Crippen LogP contribution in [0.25, 0.3) is 0 Å². The molecule has 0 unspecified atom stereocenters. The summed E-state index contributed by atoms with van der Waals surface area (Å²) in [5.41, 5.74) is 0.769. The highest BCUT2D eigenvalue weighted by Gasteiger charge is 2.27. The van der Waals surface area contributed by atoms with Crippen molar-refractivity contribution >= 4 is 27.7 Å². The molecule has 110 valence electrons. The molecule has 0 aromatic carbocycles. The van der Waals surface area contributed by atoms with Crippen LogP contribution in [0.15, 0.2) is 22.9 Å². The summed E-state index contributed by atoms with van der Waals surface area (Å²) in [6.07, 6.45) is 3.99. The van der Waals surface area contributed by atoms with Gasteiger partial charge in [0.1, 0.15) is 6.10 Å². The zero-order chi connectivity index (χ0) is 14.8. The summed E-state index contributed by atoms with van der Waals surface area (Å²) in [7, 11) is 0. The molecule has 1 fully saturated rings. The van der Waals surface area contributed by atoms with E-state index in [0.717, 1.165) is 23.1 Å². The van der Waals surface area contributed by atoms with Gasteiger partial charge in [0, 0.05) is 29.2 Å². The van der Waals surface area contributed by atoms with Crippen LogP contribution < -0.4 is 10.2 Å². The Kier molecular flexibility index (Phi) is 4.52. The first-order valence-corrected chi connectivity index (χ1v) is 7.47. The van der Waals surface area contributed by atoms with Gasteiger partial charge in [-0.3, -0.25) is 4.98 Å². The van der Waals surface area contributed by atoms with Gasteiger partial charge in [-0.2, -0.15) is 0 Å². The average molecular weight is 342 g/mol. The van der Waals surface area contributed by atoms with E-state index in [1.54, 1.807) is 6.20 Å². The number of hydrogen-bond donors (Lipinski definition) is 1. The molecule has 0 aliphatic carbocycles. The number of carbonyl (C=O) groups excluding carboxylic acids is 1. The largest absolute Gasteiger partial charge is 0.444 e. The standard InChI is InChI=1S/C14H20BrN3O2/c1-14(2,3)17-13(19)20-12-4-5-18(9-12)11-6-10(15)7-16-8-11/h6-8,12H,4-5,9H2,1-3H3,(H,17,19)/t12-/m1/s1. The fraction of sp³-hybridized carbons (Fsp3) is 0.571. The lowest BCUT2D eigenvalue weighted by molar-refractivity contribution is 0.101. The number of nitrogens with one attached hydrogen (secondary N) is 1. The second kappa shape index (κ2) is 5.99. The zero-order valence-electron chi connectivity index (χ0n) is 12.0. The zero-order valence-corrected chi connectivity index (χ0v) is 13.6. The van der Waals surface area contributed by atoms with Crippen LogP contribution in [-0.2, 0) is 4.74 Å². The third kappa shape index (κ3) is 4.37. The molecule has 5 nitrogen and oxygen atoms in total. The molecular formula is C14H20BrN3O2. The van der Waals surface area contributed by atoms with E-state index in [4.69, 9.17) is 4.74 Å². The Labute approximate surface area is 127 Å². The SMILES string of the molecule is CC(C)(C)NC(=O)O[C@@H]1CCN(c2cncc(Br)c2)C1. The molecule has 1 aliphatic heterocycles. The van der Waals surface area contributed by atoms with Crippen LogP contribution in [0.4, 0.5) is 10.5 Å². The Bertz CT molecular complexity index is 488. The van der Waals surface area contributed by atoms with Gasteiger partial charge in [0.2, 0.25) is 0 Å². The van der Waals surface area contributed by atoms with Crippen molar-refractivity contribution in [1.29, 1.82) is 0 Å². The highest BCUT2D eigenvalue weighted by molar-refractivity contribution is 9.10. The van der Waals surface area contributed by atoms with Crippen molar-refractivity contribution in [2.75, 3.05) is 18.0 Å². The molecule has 1 aromatic rings. The number of carbonyl (C=O) groups is 1. The van der Waals surface area contributed by atoms with Crippen molar-refractivity contribution in [2.45, 2.75) is 38.8 Å². The third-order valence-electron chi connectivity index (χ3n) is 2.95. The Morgan fingerprint density at radius 2 is 2.25 bits per heavy atom. The van der Waals surface area contributed by atoms with Gasteiger partial charge < -0.3 is 15.0 Å². The lowest BCUT2D eigenvalue weighted by atomic mass is 10.1. The van der Waals surface area contributed by atoms with Crippen LogP contribution in [0.2, 0.25) is 0 Å². The van der Waals surface area contributed by atoms with Gasteiger partial charge in [0.25, 0.3) is 0 Å². The molecule has 0 bridgehead atoms. The van der Waals surface area contributed by atoms with E-state index < -0.39 is 0 Å². The second-order valence-corrected chi connectivity index (χ2v) is 6.91. The molecule has 1 saturated heterocycles. The number of hydrogen-bond acceptors (Lipinski definition) is 4. The quantitative estimate of drug-likeness (QED) is 0.898. The van der Waals surface area contributed by atoms with Crippen molar-refractivity contribution in [3.63, 3.8) is 0 Å². The van der Waals surface area contributed by atoms with Gasteiger partial charge in [-0.15, -0.1) is 0 Å². The summed E-state index contributed by atoms with van der Waals surface area (Å²) >= 11 is 3.41. The minimum atomic E-state index is -0.350. The van der Waals surface area contributed by atoms with E-state index in [9.17, 15) is 4.79 Å². The van der Waals surface area contributed by atoms with Gasteiger partial charge in [0.05, 0.1) is 18.4 Å². The Morgan fingerprint density at radius 1 is 1.50 bits per heavy atom.